The van der Waals surface area contributed by atoms with Crippen molar-refractivity contribution < 1.29 is 15.0 Å². The van der Waals surface area contributed by atoms with Crippen molar-refractivity contribution in [2.45, 2.75) is 77.4 Å². The third-order valence-electron chi connectivity index (χ3n) is 8.89. The fourth-order valence-electron chi connectivity index (χ4n) is 6.79. The number of Topliss-reactive ketones (excluding diaryl/α,β-unsaturated/α-hetero) is 1. The molecule has 0 radical (unpaired) electrons. The molecule has 2 N–H and O–H groups in total. The molecule has 1 aromatic carbocycles. The molecule has 3 fully saturated rings. The number of carbonyl (C=O) groups excluding carboxylic acids is 1. The maximum atomic E-state index is 12.5. The maximum absolute atomic E-state index is 12.5. The Hall–Kier alpha value is -1.16. The second kappa shape index (κ2) is 8.41. The average Bonchev–Trinajstić information content (AvgIpc) is 3.02. The minimum atomic E-state index is -0.418. The molecule has 3 nitrogen and oxygen atoms in total. The van der Waals surface area contributed by atoms with Gasteiger partial charge >= 0.3 is 0 Å². The summed E-state index contributed by atoms with van der Waals surface area (Å²) in [5.74, 6) is 0.961. The van der Waals surface area contributed by atoms with Gasteiger partial charge in [-0.3, -0.25) is 4.79 Å². The van der Waals surface area contributed by atoms with Crippen LogP contribution in [0.5, 0.6) is 0 Å². The lowest BCUT2D eigenvalue weighted by atomic mass is 9.51. The Kier molecular flexibility index (Phi) is 6.18. The molecule has 3 aliphatic carbocycles. The van der Waals surface area contributed by atoms with Crippen LogP contribution in [0.25, 0.3) is 6.08 Å². The normalized spacial score (nSPS) is 41.9. The Morgan fingerprint density at radius 1 is 1.07 bits per heavy atom. The Morgan fingerprint density at radius 3 is 2.53 bits per heavy atom. The van der Waals surface area contributed by atoms with E-state index in [0.717, 1.165) is 55.5 Å². The van der Waals surface area contributed by atoms with Crippen molar-refractivity contribution in [3.05, 3.63) is 40.9 Å². The number of halogens is 1. The van der Waals surface area contributed by atoms with Crippen LogP contribution >= 0.6 is 11.6 Å². The number of fused-ring (bicyclic) bond motifs is 1. The van der Waals surface area contributed by atoms with Crippen LogP contribution in [0.1, 0.15) is 70.8 Å². The number of benzene rings is 1. The first-order valence-corrected chi connectivity index (χ1v) is 11.9. The number of carbonyl (C=O) groups is 1. The van der Waals surface area contributed by atoms with Gasteiger partial charge in [0.05, 0.1) is 12.2 Å². The Morgan fingerprint density at radius 2 is 1.80 bits per heavy atom. The lowest BCUT2D eigenvalue weighted by molar-refractivity contribution is -0.144. The van der Waals surface area contributed by atoms with E-state index in [1.54, 1.807) is 0 Å². The van der Waals surface area contributed by atoms with Gasteiger partial charge in [-0.15, -0.1) is 0 Å². The molecule has 0 spiro atoms. The summed E-state index contributed by atoms with van der Waals surface area (Å²) >= 11 is 5.98. The van der Waals surface area contributed by atoms with Gasteiger partial charge in [0.15, 0.2) is 0 Å². The van der Waals surface area contributed by atoms with Crippen molar-refractivity contribution in [3.63, 3.8) is 0 Å². The maximum Gasteiger partial charge on any atom is 0.139 e. The van der Waals surface area contributed by atoms with Crippen LogP contribution in [0, 0.1) is 28.6 Å². The summed E-state index contributed by atoms with van der Waals surface area (Å²) in [6.45, 7) is 4.40. The van der Waals surface area contributed by atoms with Crippen LogP contribution in [-0.4, -0.2) is 28.2 Å². The first-order chi connectivity index (χ1) is 14.2. The number of hydrogen-bond acceptors (Lipinski definition) is 3. The highest BCUT2D eigenvalue weighted by molar-refractivity contribution is 6.30. The monoisotopic (exact) mass is 430 g/mol. The molecular weight excluding hydrogens is 396 g/mol. The Bertz CT molecular complexity index is 803. The van der Waals surface area contributed by atoms with Gasteiger partial charge in [0, 0.05) is 16.9 Å². The molecule has 3 aliphatic rings. The number of aliphatic hydroxyl groups excluding tert-OH is 2. The predicted molar refractivity (Wildman–Crippen MR) is 121 cm³/mol. The summed E-state index contributed by atoms with van der Waals surface area (Å²) in [5, 5.41) is 22.5. The van der Waals surface area contributed by atoms with Gasteiger partial charge in [-0.2, -0.15) is 0 Å². The van der Waals surface area contributed by atoms with Crippen molar-refractivity contribution in [1.29, 1.82) is 0 Å². The number of hydrogen-bond donors (Lipinski definition) is 2. The first-order valence-electron chi connectivity index (χ1n) is 11.6. The summed E-state index contributed by atoms with van der Waals surface area (Å²) < 4.78 is 0. The van der Waals surface area contributed by atoms with E-state index in [9.17, 15) is 15.0 Å². The van der Waals surface area contributed by atoms with E-state index in [4.69, 9.17) is 11.6 Å². The molecule has 1 aromatic rings. The minimum absolute atomic E-state index is 0.0179. The fraction of sp³-hybridized carbons (Fsp3) is 0.654. The second-order valence-corrected chi connectivity index (χ2v) is 10.9. The number of rotatable bonds is 4. The lowest BCUT2D eigenvalue weighted by Gasteiger charge is -2.54. The summed E-state index contributed by atoms with van der Waals surface area (Å²) in [7, 11) is 0. The largest absolute Gasteiger partial charge is 0.393 e. The summed E-state index contributed by atoms with van der Waals surface area (Å²) in [5.41, 5.74) is 0.774. The quantitative estimate of drug-likeness (QED) is 0.647. The molecule has 4 heteroatoms. The molecule has 0 aromatic heterocycles. The second-order valence-electron chi connectivity index (χ2n) is 10.4. The molecule has 0 aliphatic heterocycles. The van der Waals surface area contributed by atoms with E-state index in [0.29, 0.717) is 18.1 Å². The average molecular weight is 431 g/mol. The van der Waals surface area contributed by atoms with Crippen LogP contribution in [0.3, 0.4) is 0 Å². The molecule has 0 heterocycles. The van der Waals surface area contributed by atoms with Gasteiger partial charge in [0.25, 0.3) is 0 Å². The zero-order valence-corrected chi connectivity index (χ0v) is 18.9. The van der Waals surface area contributed by atoms with Crippen molar-refractivity contribution in [1.82, 2.24) is 0 Å². The Labute approximate surface area is 185 Å². The first kappa shape index (κ1) is 22.0. The highest BCUT2D eigenvalue weighted by atomic mass is 35.5. The molecular formula is C26H35ClO3. The number of ketones is 1. The van der Waals surface area contributed by atoms with Crippen LogP contribution in [-0.2, 0) is 4.79 Å². The van der Waals surface area contributed by atoms with Crippen molar-refractivity contribution in [2.24, 2.45) is 28.6 Å². The van der Waals surface area contributed by atoms with Crippen molar-refractivity contribution >= 4 is 23.5 Å². The van der Waals surface area contributed by atoms with Crippen molar-refractivity contribution in [2.75, 3.05) is 0 Å². The zero-order valence-electron chi connectivity index (χ0n) is 18.2. The standard InChI is InChI=1S/C26H35ClO3/c1-25(22-13-15-26(2)21(24(22)30)10-11-23(26)29)14-12-20(28)16-18(25)5-3-4-17-6-8-19(27)9-7-17/h3-4,6-9,18,20-22,24,28,30H,5,10-16H2,1-2H3/t18-,20-,21?,22?,24-,25-,26-/m0/s1. The third kappa shape index (κ3) is 3.89. The molecule has 164 valence electrons. The molecule has 0 bridgehead atoms. The molecule has 3 saturated carbocycles. The molecule has 0 amide bonds. The van der Waals surface area contributed by atoms with Gasteiger partial charge in [0.1, 0.15) is 5.78 Å². The SMILES string of the molecule is C[C@]12CCC([C@@]3(C)CC[C@H](O)C[C@@H]3CC=Cc3ccc(Cl)cc3)[C@@H](O)C1CCC2=O. The summed E-state index contributed by atoms with van der Waals surface area (Å²) in [4.78, 5) is 12.5. The highest BCUT2D eigenvalue weighted by Gasteiger charge is 2.58. The zero-order chi connectivity index (χ0) is 21.5. The minimum Gasteiger partial charge on any atom is -0.393 e. The van der Waals surface area contributed by atoms with E-state index in [-0.39, 0.29) is 28.8 Å². The van der Waals surface area contributed by atoms with Gasteiger partial charge in [-0.05, 0) is 85.8 Å². The van der Waals surface area contributed by atoms with Crippen LogP contribution < -0.4 is 0 Å². The topological polar surface area (TPSA) is 57.5 Å². The molecule has 7 atom stereocenters. The predicted octanol–water partition coefficient (Wildman–Crippen LogP) is 5.67. The highest BCUT2D eigenvalue weighted by Crippen LogP contribution is 2.59. The van der Waals surface area contributed by atoms with Crippen molar-refractivity contribution in [3.8, 4) is 0 Å². The van der Waals surface area contributed by atoms with Gasteiger partial charge in [-0.25, -0.2) is 0 Å². The third-order valence-corrected chi connectivity index (χ3v) is 9.14. The van der Waals surface area contributed by atoms with E-state index in [2.05, 4.69) is 26.0 Å². The molecule has 2 unspecified atom stereocenters. The number of allylic oxidation sites excluding steroid dienone is 1. The van der Waals surface area contributed by atoms with Gasteiger partial charge in [-0.1, -0.05) is 49.7 Å². The fourth-order valence-corrected chi connectivity index (χ4v) is 6.92. The summed E-state index contributed by atoms with van der Waals surface area (Å²) in [6.07, 6.45) is 10.3. The van der Waals surface area contributed by atoms with E-state index < -0.39 is 6.10 Å². The smallest absolute Gasteiger partial charge is 0.139 e. The number of aliphatic hydroxyl groups is 2. The van der Waals surface area contributed by atoms with Gasteiger partial charge < -0.3 is 10.2 Å². The Balaban J connectivity index is 1.52. The molecule has 0 saturated heterocycles. The van der Waals surface area contributed by atoms with Crippen LogP contribution in [0.15, 0.2) is 30.3 Å². The van der Waals surface area contributed by atoms with Crippen LogP contribution in [0.4, 0.5) is 0 Å². The van der Waals surface area contributed by atoms with Crippen LogP contribution in [0.2, 0.25) is 5.02 Å². The molecule has 30 heavy (non-hydrogen) atoms. The van der Waals surface area contributed by atoms with E-state index >= 15 is 0 Å². The van der Waals surface area contributed by atoms with E-state index in [1.807, 2.05) is 24.3 Å². The van der Waals surface area contributed by atoms with Gasteiger partial charge in [0.2, 0.25) is 0 Å². The summed E-state index contributed by atoms with van der Waals surface area (Å²) in [6, 6.07) is 7.81. The lowest BCUT2D eigenvalue weighted by Crippen LogP contribution is -2.53. The molecule has 4 rings (SSSR count). The van der Waals surface area contributed by atoms with E-state index in [1.165, 1.54) is 0 Å².